The summed E-state index contributed by atoms with van der Waals surface area (Å²) >= 11 is 0. The molecule has 0 amide bonds. The Morgan fingerprint density at radius 2 is 2.38 bits per heavy atom. The summed E-state index contributed by atoms with van der Waals surface area (Å²) in [5, 5.41) is 3.40. The van der Waals surface area contributed by atoms with Crippen molar-refractivity contribution < 1.29 is 9.47 Å². The van der Waals surface area contributed by atoms with Gasteiger partial charge in [-0.1, -0.05) is 6.07 Å². The van der Waals surface area contributed by atoms with Crippen LogP contribution in [0.15, 0.2) is 12.1 Å². The molecule has 2 aliphatic heterocycles. The molecule has 1 aromatic carbocycles. The van der Waals surface area contributed by atoms with Gasteiger partial charge in [0.05, 0.1) is 13.7 Å². The van der Waals surface area contributed by atoms with Gasteiger partial charge in [0.15, 0.2) is 11.5 Å². The standard InChI is InChI=1S/C13H17NO2/c1-15-12-7-11(10-2-4-14-8-10)6-9-3-5-16-13(9)12/h6-7,10,14H,2-5,8H2,1H3. The monoisotopic (exact) mass is 219 g/mol. The number of fused-ring (bicyclic) bond motifs is 1. The number of ether oxygens (including phenoxy) is 2. The minimum absolute atomic E-state index is 0.639. The Kier molecular flexibility index (Phi) is 2.48. The molecular weight excluding hydrogens is 202 g/mol. The van der Waals surface area contributed by atoms with Crippen LogP contribution in [-0.4, -0.2) is 26.8 Å². The van der Waals surface area contributed by atoms with E-state index < -0.39 is 0 Å². The number of methoxy groups -OCH3 is 1. The number of rotatable bonds is 2. The number of hydrogen-bond donors (Lipinski definition) is 1. The highest BCUT2D eigenvalue weighted by Crippen LogP contribution is 2.39. The van der Waals surface area contributed by atoms with E-state index in [9.17, 15) is 0 Å². The Bertz CT molecular complexity index is 397. The van der Waals surface area contributed by atoms with Gasteiger partial charge in [-0.05, 0) is 30.5 Å². The largest absolute Gasteiger partial charge is 0.493 e. The van der Waals surface area contributed by atoms with Gasteiger partial charge in [0.1, 0.15) is 0 Å². The van der Waals surface area contributed by atoms with Gasteiger partial charge in [0.25, 0.3) is 0 Å². The van der Waals surface area contributed by atoms with Crippen molar-refractivity contribution >= 4 is 0 Å². The highest BCUT2D eigenvalue weighted by molar-refractivity contribution is 5.52. The molecular formula is C13H17NO2. The summed E-state index contributed by atoms with van der Waals surface area (Å²) in [7, 11) is 1.72. The van der Waals surface area contributed by atoms with Crippen LogP contribution < -0.4 is 14.8 Å². The highest BCUT2D eigenvalue weighted by Gasteiger charge is 2.23. The van der Waals surface area contributed by atoms with Crippen LogP contribution in [0.2, 0.25) is 0 Å². The summed E-state index contributed by atoms with van der Waals surface area (Å²) in [6.07, 6.45) is 2.24. The number of nitrogens with one attached hydrogen (secondary N) is 1. The van der Waals surface area contributed by atoms with Crippen LogP contribution in [0, 0.1) is 0 Å². The van der Waals surface area contributed by atoms with Gasteiger partial charge in [-0.3, -0.25) is 0 Å². The van der Waals surface area contributed by atoms with Crippen molar-refractivity contribution in [2.75, 3.05) is 26.8 Å². The average Bonchev–Trinajstić information content (AvgIpc) is 2.97. The maximum atomic E-state index is 5.60. The van der Waals surface area contributed by atoms with Gasteiger partial charge in [0.2, 0.25) is 0 Å². The summed E-state index contributed by atoms with van der Waals surface area (Å²) in [4.78, 5) is 0. The average molecular weight is 219 g/mol. The van der Waals surface area contributed by atoms with E-state index in [-0.39, 0.29) is 0 Å². The van der Waals surface area contributed by atoms with E-state index in [4.69, 9.17) is 9.47 Å². The topological polar surface area (TPSA) is 30.5 Å². The molecule has 16 heavy (non-hydrogen) atoms. The molecule has 0 spiro atoms. The number of hydrogen-bond acceptors (Lipinski definition) is 3. The quantitative estimate of drug-likeness (QED) is 0.821. The summed E-state index contributed by atoms with van der Waals surface area (Å²) in [5.41, 5.74) is 2.70. The third-order valence-corrected chi connectivity index (χ3v) is 3.52. The van der Waals surface area contributed by atoms with E-state index >= 15 is 0 Å². The fourth-order valence-corrected chi connectivity index (χ4v) is 2.62. The minimum atomic E-state index is 0.639. The second-order valence-electron chi connectivity index (χ2n) is 4.50. The van der Waals surface area contributed by atoms with Crippen LogP contribution in [0.4, 0.5) is 0 Å². The fourth-order valence-electron chi connectivity index (χ4n) is 2.62. The zero-order valence-electron chi connectivity index (χ0n) is 9.58. The van der Waals surface area contributed by atoms with Crippen LogP contribution >= 0.6 is 0 Å². The van der Waals surface area contributed by atoms with Crippen molar-refractivity contribution in [3.05, 3.63) is 23.3 Å². The first-order chi connectivity index (χ1) is 7.88. The van der Waals surface area contributed by atoms with Gasteiger partial charge in [0, 0.05) is 18.5 Å². The Balaban J connectivity index is 2.00. The second-order valence-corrected chi connectivity index (χ2v) is 4.50. The molecule has 0 aromatic heterocycles. The molecule has 1 unspecified atom stereocenters. The molecule has 0 saturated carbocycles. The zero-order chi connectivity index (χ0) is 11.0. The molecule has 0 aliphatic carbocycles. The maximum Gasteiger partial charge on any atom is 0.164 e. The van der Waals surface area contributed by atoms with Crippen molar-refractivity contribution in [2.24, 2.45) is 0 Å². The molecule has 3 rings (SSSR count). The third kappa shape index (κ3) is 1.55. The smallest absolute Gasteiger partial charge is 0.164 e. The van der Waals surface area contributed by atoms with Crippen LogP contribution in [0.1, 0.15) is 23.5 Å². The molecule has 1 aromatic rings. The SMILES string of the molecule is COc1cc(C2CCNC2)cc2c1OCC2. The summed E-state index contributed by atoms with van der Waals surface area (Å²) in [6.45, 7) is 3.00. The predicted octanol–water partition coefficient (Wildman–Crippen LogP) is 1.71. The van der Waals surface area contributed by atoms with Crippen LogP contribution in [0.25, 0.3) is 0 Å². The molecule has 2 aliphatic rings. The van der Waals surface area contributed by atoms with Gasteiger partial charge < -0.3 is 14.8 Å². The first-order valence-corrected chi connectivity index (χ1v) is 5.93. The van der Waals surface area contributed by atoms with E-state index in [1.165, 1.54) is 17.5 Å². The molecule has 2 heterocycles. The van der Waals surface area contributed by atoms with Crippen molar-refractivity contribution in [3.8, 4) is 11.5 Å². The normalized spacial score (nSPS) is 22.9. The van der Waals surface area contributed by atoms with Gasteiger partial charge in [-0.25, -0.2) is 0 Å². The maximum absolute atomic E-state index is 5.60. The lowest BCUT2D eigenvalue weighted by atomic mass is 9.95. The van der Waals surface area contributed by atoms with Crippen molar-refractivity contribution in [3.63, 3.8) is 0 Å². The van der Waals surface area contributed by atoms with Crippen LogP contribution in [0.3, 0.4) is 0 Å². The molecule has 1 atom stereocenters. The number of benzene rings is 1. The van der Waals surface area contributed by atoms with Crippen LogP contribution in [0.5, 0.6) is 11.5 Å². The van der Waals surface area contributed by atoms with Crippen molar-refractivity contribution in [1.29, 1.82) is 0 Å². The zero-order valence-corrected chi connectivity index (χ0v) is 9.58. The van der Waals surface area contributed by atoms with E-state index in [0.29, 0.717) is 5.92 Å². The lowest BCUT2D eigenvalue weighted by Gasteiger charge is -2.13. The van der Waals surface area contributed by atoms with Crippen LogP contribution in [-0.2, 0) is 6.42 Å². The lowest BCUT2D eigenvalue weighted by Crippen LogP contribution is -2.08. The van der Waals surface area contributed by atoms with E-state index in [2.05, 4.69) is 17.4 Å². The Morgan fingerprint density at radius 1 is 1.44 bits per heavy atom. The molecule has 3 heteroatoms. The Labute approximate surface area is 95.8 Å². The van der Waals surface area contributed by atoms with Gasteiger partial charge in [-0.15, -0.1) is 0 Å². The Hall–Kier alpha value is -1.22. The van der Waals surface area contributed by atoms with E-state index in [1.807, 2.05) is 0 Å². The predicted molar refractivity (Wildman–Crippen MR) is 62.4 cm³/mol. The van der Waals surface area contributed by atoms with Gasteiger partial charge >= 0.3 is 0 Å². The molecule has 1 saturated heterocycles. The van der Waals surface area contributed by atoms with E-state index in [1.54, 1.807) is 7.11 Å². The van der Waals surface area contributed by atoms with E-state index in [0.717, 1.165) is 37.6 Å². The minimum Gasteiger partial charge on any atom is -0.493 e. The second kappa shape index (κ2) is 3.98. The third-order valence-electron chi connectivity index (χ3n) is 3.52. The van der Waals surface area contributed by atoms with Crippen molar-refractivity contribution in [1.82, 2.24) is 5.32 Å². The lowest BCUT2D eigenvalue weighted by molar-refractivity contribution is 0.326. The van der Waals surface area contributed by atoms with Crippen molar-refractivity contribution in [2.45, 2.75) is 18.8 Å². The fraction of sp³-hybridized carbons (Fsp3) is 0.538. The molecule has 86 valence electrons. The molecule has 1 N–H and O–H groups in total. The highest BCUT2D eigenvalue weighted by atomic mass is 16.5. The first kappa shape index (κ1) is 9.97. The molecule has 3 nitrogen and oxygen atoms in total. The molecule has 1 fully saturated rings. The van der Waals surface area contributed by atoms with Gasteiger partial charge in [-0.2, -0.15) is 0 Å². The summed E-state index contributed by atoms with van der Waals surface area (Å²) in [5.74, 6) is 2.49. The first-order valence-electron chi connectivity index (χ1n) is 5.93. The Morgan fingerprint density at radius 3 is 3.12 bits per heavy atom. The molecule has 0 bridgehead atoms. The summed E-state index contributed by atoms with van der Waals surface area (Å²) in [6, 6.07) is 4.43. The summed E-state index contributed by atoms with van der Waals surface area (Å²) < 4.78 is 11.0. The molecule has 0 radical (unpaired) electrons.